The molecule has 0 aliphatic carbocycles. The van der Waals surface area contributed by atoms with Gasteiger partial charge in [-0.3, -0.25) is 9.89 Å². The van der Waals surface area contributed by atoms with Crippen molar-refractivity contribution in [1.29, 1.82) is 0 Å². The summed E-state index contributed by atoms with van der Waals surface area (Å²) in [4.78, 5) is 15.6. The van der Waals surface area contributed by atoms with Crippen LogP contribution < -0.4 is 0 Å². The summed E-state index contributed by atoms with van der Waals surface area (Å²) in [5, 5.41) is 19.4. The van der Waals surface area contributed by atoms with Gasteiger partial charge in [0.2, 0.25) is 5.91 Å². The summed E-state index contributed by atoms with van der Waals surface area (Å²) in [5.74, 6) is 0.137. The molecule has 0 radical (unpaired) electrons. The molecule has 2 atom stereocenters. The van der Waals surface area contributed by atoms with Crippen molar-refractivity contribution in [2.24, 2.45) is 0 Å². The first kappa shape index (κ1) is 16.2. The van der Waals surface area contributed by atoms with E-state index >= 15 is 0 Å². The summed E-state index contributed by atoms with van der Waals surface area (Å²) >= 11 is 1.57. The van der Waals surface area contributed by atoms with Crippen LogP contribution in [0.1, 0.15) is 47.2 Å². The van der Waals surface area contributed by atoms with Crippen molar-refractivity contribution in [3.05, 3.63) is 39.3 Å². The molecule has 1 aliphatic heterocycles. The smallest absolute Gasteiger partial charge is 0.227 e. The number of H-pyrrole nitrogens is 1. The number of aliphatic hydroxyl groups excluding tert-OH is 1. The van der Waals surface area contributed by atoms with Gasteiger partial charge < -0.3 is 10.0 Å². The first-order valence-corrected chi connectivity index (χ1v) is 8.95. The highest BCUT2D eigenvalue weighted by Crippen LogP contribution is 2.30. The van der Waals surface area contributed by atoms with E-state index in [4.69, 9.17) is 0 Å². The average Bonchev–Trinajstić information content (AvgIpc) is 3.25. The van der Waals surface area contributed by atoms with Crippen molar-refractivity contribution < 1.29 is 9.90 Å². The molecule has 23 heavy (non-hydrogen) atoms. The van der Waals surface area contributed by atoms with Gasteiger partial charge in [-0.05, 0) is 44.6 Å². The number of carbonyl (C=O) groups is 1. The Balaban J connectivity index is 1.65. The maximum Gasteiger partial charge on any atom is 0.227 e. The number of nitrogens with one attached hydrogen (secondary N) is 1. The zero-order chi connectivity index (χ0) is 16.4. The quantitative estimate of drug-likeness (QED) is 0.884. The van der Waals surface area contributed by atoms with E-state index in [1.807, 2.05) is 36.3 Å². The second-order valence-corrected chi connectivity index (χ2v) is 7.22. The fraction of sp³-hybridized carbons (Fsp3) is 0.529. The lowest BCUT2D eigenvalue weighted by atomic mass is 10.0. The van der Waals surface area contributed by atoms with E-state index in [0.29, 0.717) is 12.8 Å². The highest BCUT2D eigenvalue weighted by molar-refractivity contribution is 7.10. The first-order valence-electron chi connectivity index (χ1n) is 8.07. The van der Waals surface area contributed by atoms with Gasteiger partial charge in [-0.2, -0.15) is 5.10 Å². The van der Waals surface area contributed by atoms with Crippen LogP contribution in [0.4, 0.5) is 0 Å². The molecule has 0 unspecified atom stereocenters. The molecule has 3 rings (SSSR count). The van der Waals surface area contributed by atoms with Crippen LogP contribution in [0, 0.1) is 13.8 Å². The number of aromatic nitrogens is 2. The number of thiophene rings is 1. The number of hydrogen-bond donors (Lipinski definition) is 2. The van der Waals surface area contributed by atoms with Gasteiger partial charge in [0.15, 0.2) is 0 Å². The summed E-state index contributed by atoms with van der Waals surface area (Å²) in [6.07, 6.45) is 2.51. The molecule has 0 bridgehead atoms. The maximum atomic E-state index is 12.7. The molecule has 5 nitrogen and oxygen atoms in total. The normalized spacial score (nSPS) is 19.3. The number of nitrogens with zero attached hydrogens (tertiary/aromatic N) is 2. The van der Waals surface area contributed by atoms with Crippen molar-refractivity contribution in [2.75, 3.05) is 6.54 Å². The van der Waals surface area contributed by atoms with Gasteiger partial charge in [0, 0.05) is 28.7 Å². The van der Waals surface area contributed by atoms with Gasteiger partial charge in [0.05, 0.1) is 18.2 Å². The Morgan fingerprint density at radius 2 is 2.39 bits per heavy atom. The third kappa shape index (κ3) is 3.48. The molecular formula is C17H23N3O2S. The minimum Gasteiger partial charge on any atom is -0.387 e. The molecule has 0 spiro atoms. The molecule has 0 aromatic carbocycles. The van der Waals surface area contributed by atoms with Crippen LogP contribution in [0.15, 0.2) is 17.5 Å². The van der Waals surface area contributed by atoms with Crippen LogP contribution >= 0.6 is 11.3 Å². The Morgan fingerprint density at radius 3 is 3.04 bits per heavy atom. The minimum absolute atomic E-state index is 0.132. The Morgan fingerprint density at radius 1 is 1.57 bits per heavy atom. The number of likely N-dealkylation sites (tertiary alicyclic amines) is 1. The number of carbonyl (C=O) groups excluding carboxylic acids is 1. The van der Waals surface area contributed by atoms with Crippen LogP contribution in [0.2, 0.25) is 0 Å². The van der Waals surface area contributed by atoms with E-state index in [2.05, 4.69) is 10.2 Å². The largest absolute Gasteiger partial charge is 0.387 e. The number of amides is 1. The SMILES string of the molecule is Cc1n[nH]c(C)c1CC(=O)N1CCC[C@H]1C[C@@H](O)c1cccs1. The lowest BCUT2D eigenvalue weighted by Crippen LogP contribution is -2.37. The van der Waals surface area contributed by atoms with E-state index in [-0.39, 0.29) is 11.9 Å². The van der Waals surface area contributed by atoms with E-state index in [9.17, 15) is 9.90 Å². The lowest BCUT2D eigenvalue weighted by Gasteiger charge is -2.26. The molecule has 2 aromatic heterocycles. The van der Waals surface area contributed by atoms with Crippen molar-refractivity contribution >= 4 is 17.2 Å². The predicted molar refractivity (Wildman–Crippen MR) is 90.4 cm³/mol. The van der Waals surface area contributed by atoms with Crippen molar-refractivity contribution in [3.8, 4) is 0 Å². The molecule has 2 aromatic rings. The molecule has 124 valence electrons. The fourth-order valence-corrected chi connectivity index (χ4v) is 4.08. The number of aliphatic hydroxyl groups is 1. The Bertz CT molecular complexity index is 646. The summed E-state index contributed by atoms with van der Waals surface area (Å²) in [5.41, 5.74) is 2.86. The molecule has 2 N–H and O–H groups in total. The number of aromatic amines is 1. The van der Waals surface area contributed by atoms with Gasteiger partial charge in [-0.15, -0.1) is 11.3 Å². The van der Waals surface area contributed by atoms with E-state index < -0.39 is 6.10 Å². The average molecular weight is 333 g/mol. The van der Waals surface area contributed by atoms with Gasteiger partial charge in [-0.25, -0.2) is 0 Å². The fourth-order valence-electron chi connectivity index (χ4n) is 3.35. The van der Waals surface area contributed by atoms with E-state index in [1.54, 1.807) is 11.3 Å². The summed E-state index contributed by atoms with van der Waals surface area (Å²) in [6.45, 7) is 4.66. The number of rotatable bonds is 5. The monoisotopic (exact) mass is 333 g/mol. The molecule has 1 amide bonds. The summed E-state index contributed by atoms with van der Waals surface area (Å²) < 4.78 is 0. The molecule has 0 saturated carbocycles. The van der Waals surface area contributed by atoms with Gasteiger partial charge in [0.25, 0.3) is 0 Å². The zero-order valence-corrected chi connectivity index (χ0v) is 14.4. The second-order valence-electron chi connectivity index (χ2n) is 6.24. The highest BCUT2D eigenvalue weighted by Gasteiger charge is 2.31. The van der Waals surface area contributed by atoms with Crippen LogP contribution in [-0.2, 0) is 11.2 Å². The molecule has 1 fully saturated rings. The van der Waals surface area contributed by atoms with Gasteiger partial charge >= 0.3 is 0 Å². The number of aryl methyl sites for hydroxylation is 2. The predicted octanol–water partition coefficient (Wildman–Crippen LogP) is 2.75. The maximum absolute atomic E-state index is 12.7. The van der Waals surface area contributed by atoms with Crippen LogP contribution in [0.25, 0.3) is 0 Å². The third-order valence-corrected chi connectivity index (χ3v) is 5.65. The van der Waals surface area contributed by atoms with Crippen LogP contribution in [-0.4, -0.2) is 38.7 Å². The third-order valence-electron chi connectivity index (χ3n) is 4.67. The van der Waals surface area contributed by atoms with Crippen LogP contribution in [0.3, 0.4) is 0 Å². The zero-order valence-electron chi connectivity index (χ0n) is 13.6. The standard InChI is InChI=1S/C17H23N3O2S/c1-11-14(12(2)19-18-11)10-17(22)20-7-3-5-13(20)9-15(21)16-6-4-8-23-16/h4,6,8,13,15,21H,3,5,7,9-10H2,1-2H3,(H,18,19)/t13-,15+/m0/s1. The Kier molecular flexibility index (Phi) is 4.82. The van der Waals surface area contributed by atoms with Gasteiger partial charge in [0.1, 0.15) is 0 Å². The Labute approximate surface area is 140 Å². The summed E-state index contributed by atoms with van der Waals surface area (Å²) in [7, 11) is 0. The number of hydrogen-bond acceptors (Lipinski definition) is 4. The lowest BCUT2D eigenvalue weighted by molar-refractivity contribution is -0.131. The minimum atomic E-state index is -0.481. The van der Waals surface area contributed by atoms with E-state index in [0.717, 1.165) is 41.2 Å². The van der Waals surface area contributed by atoms with Gasteiger partial charge in [-0.1, -0.05) is 6.07 Å². The molecule has 1 aliphatic rings. The topological polar surface area (TPSA) is 69.2 Å². The second kappa shape index (κ2) is 6.84. The van der Waals surface area contributed by atoms with E-state index in [1.165, 1.54) is 0 Å². The van der Waals surface area contributed by atoms with Crippen molar-refractivity contribution in [3.63, 3.8) is 0 Å². The highest BCUT2D eigenvalue weighted by atomic mass is 32.1. The van der Waals surface area contributed by atoms with Crippen LogP contribution in [0.5, 0.6) is 0 Å². The molecule has 1 saturated heterocycles. The first-order chi connectivity index (χ1) is 11.1. The Hall–Kier alpha value is -1.66. The molecule has 3 heterocycles. The molecule has 6 heteroatoms. The van der Waals surface area contributed by atoms with Crippen molar-refractivity contribution in [1.82, 2.24) is 15.1 Å². The molecular weight excluding hydrogens is 310 g/mol. The summed E-state index contributed by atoms with van der Waals surface area (Å²) in [6, 6.07) is 4.03. The van der Waals surface area contributed by atoms with Crippen molar-refractivity contribution in [2.45, 2.75) is 51.7 Å².